The van der Waals surface area contributed by atoms with E-state index in [9.17, 15) is 9.59 Å². The quantitative estimate of drug-likeness (QED) is 0.410. The lowest BCUT2D eigenvalue weighted by Gasteiger charge is -2.09. The van der Waals surface area contributed by atoms with Gasteiger partial charge in [-0.25, -0.2) is 0 Å². The molecule has 0 heterocycles. The molecule has 8 heteroatoms. The van der Waals surface area contributed by atoms with Crippen LogP contribution in [0.3, 0.4) is 0 Å². The molecule has 0 fully saturated rings. The van der Waals surface area contributed by atoms with Crippen LogP contribution in [0.5, 0.6) is 5.75 Å². The van der Waals surface area contributed by atoms with Crippen LogP contribution in [0.1, 0.15) is 12.5 Å². The number of amides is 1. The van der Waals surface area contributed by atoms with Crippen LogP contribution in [-0.4, -0.2) is 43.3 Å². The van der Waals surface area contributed by atoms with Gasteiger partial charge in [-0.3, -0.25) is 9.59 Å². The Morgan fingerprint density at radius 3 is 2.65 bits per heavy atom. The molecular weight excluding hydrogens is 384 g/mol. The number of rotatable bonds is 8. The zero-order valence-electron chi connectivity index (χ0n) is 13.2. The first kappa shape index (κ1) is 19.5. The second kappa shape index (κ2) is 10.3. The molecule has 0 radical (unpaired) electrons. The maximum absolute atomic E-state index is 12.1. The van der Waals surface area contributed by atoms with Gasteiger partial charge in [0.2, 0.25) is 0 Å². The molecule has 0 spiro atoms. The summed E-state index contributed by atoms with van der Waals surface area (Å²) in [7, 11) is 2.98. The van der Waals surface area contributed by atoms with E-state index in [0.717, 1.165) is 21.8 Å². The molecule has 0 aliphatic rings. The van der Waals surface area contributed by atoms with Crippen molar-refractivity contribution >= 4 is 44.4 Å². The van der Waals surface area contributed by atoms with Gasteiger partial charge in [-0.1, -0.05) is 23.0 Å². The Bertz CT molecular complexity index is 593. The predicted octanol–water partition coefficient (Wildman–Crippen LogP) is 2.40. The summed E-state index contributed by atoms with van der Waals surface area (Å²) >= 11 is 4.57. The zero-order chi connectivity index (χ0) is 17.2. The summed E-state index contributed by atoms with van der Waals surface area (Å²) in [6.45, 7) is 1.88. The molecular formula is C15H19BrN2O4S. The number of nitrogens with one attached hydrogen (secondary N) is 1. The molecule has 0 aliphatic carbocycles. The molecule has 6 nitrogen and oxygen atoms in total. The van der Waals surface area contributed by atoms with E-state index in [0.29, 0.717) is 24.5 Å². The molecule has 0 unspecified atom stereocenters. The van der Waals surface area contributed by atoms with Crippen molar-refractivity contribution in [1.29, 1.82) is 0 Å². The Balaban J connectivity index is 2.67. The average molecular weight is 403 g/mol. The van der Waals surface area contributed by atoms with E-state index >= 15 is 0 Å². The van der Waals surface area contributed by atoms with Crippen molar-refractivity contribution in [2.24, 2.45) is 5.16 Å². The highest BCUT2D eigenvalue weighted by molar-refractivity contribution is 9.10. The van der Waals surface area contributed by atoms with Crippen LogP contribution in [0.2, 0.25) is 0 Å². The number of hydrogen-bond donors (Lipinski definition) is 1. The molecule has 1 N–H and O–H groups in total. The summed E-state index contributed by atoms with van der Waals surface area (Å²) < 4.78 is 5.97. The van der Waals surface area contributed by atoms with E-state index in [1.165, 1.54) is 14.0 Å². The standard InChI is InChI=1S/C15H19BrN2O4S/c1-10(19)23-7-6-17-15(20)13(18-22-3)9-11-4-5-14(21-2)12(16)8-11/h4-5,8H,6-7,9H2,1-3H3,(H,17,20)/b18-13-. The normalized spacial score (nSPS) is 11.0. The van der Waals surface area contributed by atoms with Crippen LogP contribution >= 0.6 is 27.7 Å². The van der Waals surface area contributed by atoms with E-state index < -0.39 is 0 Å². The number of ether oxygens (including phenoxy) is 1. The molecule has 0 saturated heterocycles. The third-order valence-corrected chi connectivity index (χ3v) is 4.18. The third kappa shape index (κ3) is 7.04. The van der Waals surface area contributed by atoms with Gasteiger partial charge in [0.15, 0.2) is 5.12 Å². The van der Waals surface area contributed by atoms with E-state index in [1.54, 1.807) is 7.11 Å². The van der Waals surface area contributed by atoms with Gasteiger partial charge >= 0.3 is 0 Å². The Morgan fingerprint density at radius 2 is 2.09 bits per heavy atom. The monoisotopic (exact) mass is 402 g/mol. The fourth-order valence-electron chi connectivity index (χ4n) is 1.74. The second-order valence-electron chi connectivity index (χ2n) is 4.46. The summed E-state index contributed by atoms with van der Waals surface area (Å²) in [4.78, 5) is 27.7. The molecule has 0 aromatic heterocycles. The van der Waals surface area contributed by atoms with Crippen molar-refractivity contribution in [2.45, 2.75) is 13.3 Å². The van der Waals surface area contributed by atoms with Crippen LogP contribution in [0.15, 0.2) is 27.8 Å². The van der Waals surface area contributed by atoms with Crippen LogP contribution in [0.25, 0.3) is 0 Å². The maximum Gasteiger partial charge on any atom is 0.269 e. The summed E-state index contributed by atoms with van der Waals surface area (Å²) in [5.74, 6) is 0.919. The number of carbonyl (C=O) groups is 2. The first-order chi connectivity index (χ1) is 11.0. The summed E-state index contributed by atoms with van der Waals surface area (Å²) in [6.07, 6.45) is 0.322. The third-order valence-electron chi connectivity index (χ3n) is 2.74. The highest BCUT2D eigenvalue weighted by Gasteiger charge is 2.14. The Labute approximate surface area is 148 Å². The number of thioether (sulfide) groups is 1. The van der Waals surface area contributed by atoms with E-state index in [1.807, 2.05) is 18.2 Å². The van der Waals surface area contributed by atoms with Crippen LogP contribution in [0, 0.1) is 0 Å². The number of hydrogen-bond acceptors (Lipinski definition) is 6. The van der Waals surface area contributed by atoms with Crippen molar-refractivity contribution in [3.05, 3.63) is 28.2 Å². The zero-order valence-corrected chi connectivity index (χ0v) is 15.6. The molecule has 126 valence electrons. The van der Waals surface area contributed by atoms with Gasteiger partial charge in [0.1, 0.15) is 18.6 Å². The van der Waals surface area contributed by atoms with Crippen LogP contribution < -0.4 is 10.1 Å². The van der Waals surface area contributed by atoms with Gasteiger partial charge in [-0.2, -0.15) is 0 Å². The molecule has 0 saturated carbocycles. The van der Waals surface area contributed by atoms with E-state index in [-0.39, 0.29) is 16.7 Å². The second-order valence-corrected chi connectivity index (χ2v) is 6.59. The van der Waals surface area contributed by atoms with Gasteiger partial charge in [0, 0.05) is 25.6 Å². The lowest BCUT2D eigenvalue weighted by atomic mass is 10.1. The Kier molecular flexibility index (Phi) is 8.71. The van der Waals surface area contributed by atoms with Crippen LogP contribution in [0.4, 0.5) is 0 Å². The highest BCUT2D eigenvalue weighted by Crippen LogP contribution is 2.25. The average Bonchev–Trinajstić information content (AvgIpc) is 2.51. The SMILES string of the molecule is CO/N=C(/Cc1ccc(OC)c(Br)c1)C(=O)NCCSC(C)=O. The number of methoxy groups -OCH3 is 1. The van der Waals surface area contributed by atoms with Gasteiger partial charge in [0.05, 0.1) is 11.6 Å². The smallest absolute Gasteiger partial charge is 0.269 e. The topological polar surface area (TPSA) is 77.0 Å². The number of carbonyl (C=O) groups excluding carboxylic acids is 2. The lowest BCUT2D eigenvalue weighted by molar-refractivity contribution is -0.115. The van der Waals surface area contributed by atoms with Gasteiger partial charge < -0.3 is 14.9 Å². The molecule has 1 rings (SSSR count). The Hall–Kier alpha value is -1.54. The minimum atomic E-state index is -0.317. The summed E-state index contributed by atoms with van der Waals surface area (Å²) in [5, 5.41) is 6.53. The predicted molar refractivity (Wildman–Crippen MR) is 95.0 cm³/mol. The van der Waals surface area contributed by atoms with Crippen molar-refractivity contribution in [3.63, 3.8) is 0 Å². The minimum Gasteiger partial charge on any atom is -0.496 e. The number of benzene rings is 1. The number of halogens is 1. The first-order valence-corrected chi connectivity index (χ1v) is 8.59. The molecule has 0 bridgehead atoms. The molecule has 0 atom stereocenters. The van der Waals surface area contributed by atoms with Crippen molar-refractivity contribution in [3.8, 4) is 5.75 Å². The minimum absolute atomic E-state index is 0.0214. The van der Waals surface area contributed by atoms with Crippen molar-refractivity contribution in [2.75, 3.05) is 26.5 Å². The fourth-order valence-corrected chi connectivity index (χ4v) is 2.82. The highest BCUT2D eigenvalue weighted by atomic mass is 79.9. The van der Waals surface area contributed by atoms with E-state index in [4.69, 9.17) is 9.57 Å². The lowest BCUT2D eigenvalue weighted by Crippen LogP contribution is -2.34. The Morgan fingerprint density at radius 1 is 1.35 bits per heavy atom. The van der Waals surface area contributed by atoms with E-state index in [2.05, 4.69) is 26.4 Å². The van der Waals surface area contributed by atoms with Crippen molar-refractivity contribution in [1.82, 2.24) is 5.32 Å². The molecule has 1 aromatic rings. The largest absolute Gasteiger partial charge is 0.496 e. The molecule has 1 amide bonds. The summed E-state index contributed by atoms with van der Waals surface area (Å²) in [6, 6.07) is 5.53. The molecule has 0 aliphatic heterocycles. The summed E-state index contributed by atoms with van der Waals surface area (Å²) in [5.41, 5.74) is 1.15. The fraction of sp³-hybridized carbons (Fsp3) is 0.400. The van der Waals surface area contributed by atoms with Crippen LogP contribution in [-0.2, 0) is 20.8 Å². The first-order valence-electron chi connectivity index (χ1n) is 6.82. The maximum atomic E-state index is 12.1. The van der Waals surface area contributed by atoms with Gasteiger partial charge in [-0.05, 0) is 33.6 Å². The molecule has 23 heavy (non-hydrogen) atoms. The van der Waals surface area contributed by atoms with Gasteiger partial charge in [0.25, 0.3) is 5.91 Å². The number of oxime groups is 1. The number of nitrogens with zero attached hydrogens (tertiary/aromatic N) is 1. The molecule has 1 aromatic carbocycles. The van der Waals surface area contributed by atoms with Gasteiger partial charge in [-0.15, -0.1) is 0 Å². The van der Waals surface area contributed by atoms with Crippen molar-refractivity contribution < 1.29 is 19.2 Å².